The maximum absolute atomic E-state index is 12.8. The molecule has 1 aliphatic rings. The highest BCUT2D eigenvalue weighted by Gasteiger charge is 2.27. The smallest absolute Gasteiger partial charge is 0.296 e. The molecule has 3 rings (SSSR count). The van der Waals surface area contributed by atoms with E-state index in [1.165, 1.54) is 53.9 Å². The van der Waals surface area contributed by atoms with Crippen LogP contribution in [-0.2, 0) is 14.8 Å². The molecule has 1 saturated heterocycles. The van der Waals surface area contributed by atoms with Gasteiger partial charge in [0.25, 0.3) is 11.6 Å². The zero-order valence-corrected chi connectivity index (χ0v) is 16.3. The number of sulfonamides is 1. The Morgan fingerprint density at radius 2 is 1.93 bits per heavy atom. The van der Waals surface area contributed by atoms with Gasteiger partial charge in [-0.25, -0.2) is 8.42 Å². The van der Waals surface area contributed by atoms with Gasteiger partial charge in [0.15, 0.2) is 0 Å². The highest BCUT2D eigenvalue weighted by atomic mass is 32.2. The highest BCUT2D eigenvalue weighted by Crippen LogP contribution is 2.29. The van der Waals surface area contributed by atoms with Gasteiger partial charge in [0.05, 0.1) is 36.2 Å². The molecule has 2 aromatic rings. The molecule has 0 radical (unpaired) electrons. The molecule has 29 heavy (non-hydrogen) atoms. The summed E-state index contributed by atoms with van der Waals surface area (Å²) < 4.78 is 37.0. The van der Waals surface area contributed by atoms with Gasteiger partial charge < -0.3 is 14.8 Å². The average molecular weight is 421 g/mol. The molecule has 1 aliphatic heterocycles. The van der Waals surface area contributed by atoms with E-state index < -0.39 is 20.9 Å². The molecule has 1 amide bonds. The topological polar surface area (TPSA) is 128 Å². The van der Waals surface area contributed by atoms with Gasteiger partial charge in [-0.3, -0.25) is 14.9 Å². The summed E-state index contributed by atoms with van der Waals surface area (Å²) in [6.07, 6.45) is 0. The van der Waals surface area contributed by atoms with Crippen LogP contribution in [-0.4, -0.2) is 57.0 Å². The molecule has 0 aliphatic carbocycles. The van der Waals surface area contributed by atoms with Crippen LogP contribution in [0.5, 0.6) is 5.75 Å². The van der Waals surface area contributed by atoms with E-state index in [0.717, 1.165) is 0 Å². The molecule has 1 N–H and O–H groups in total. The summed E-state index contributed by atoms with van der Waals surface area (Å²) in [5.41, 5.74) is -0.304. The molecule has 1 fully saturated rings. The van der Waals surface area contributed by atoms with Crippen molar-refractivity contribution < 1.29 is 27.6 Å². The number of amides is 1. The number of hydrogen-bond donors (Lipinski definition) is 1. The van der Waals surface area contributed by atoms with Gasteiger partial charge in [-0.1, -0.05) is 6.07 Å². The van der Waals surface area contributed by atoms with Crippen molar-refractivity contribution in [3.05, 3.63) is 58.1 Å². The zero-order valence-electron chi connectivity index (χ0n) is 15.5. The Bertz CT molecular complexity index is 1030. The van der Waals surface area contributed by atoms with Crippen molar-refractivity contribution in [2.45, 2.75) is 4.90 Å². The minimum Gasteiger partial charge on any atom is -0.496 e. The molecular weight excluding hydrogens is 402 g/mol. The van der Waals surface area contributed by atoms with E-state index in [9.17, 15) is 23.3 Å². The van der Waals surface area contributed by atoms with Gasteiger partial charge in [0.1, 0.15) is 11.4 Å². The van der Waals surface area contributed by atoms with E-state index in [1.807, 2.05) is 0 Å². The van der Waals surface area contributed by atoms with Crippen molar-refractivity contribution in [1.82, 2.24) is 4.31 Å². The molecule has 10 nitrogen and oxygen atoms in total. The van der Waals surface area contributed by atoms with Gasteiger partial charge in [-0.05, 0) is 30.3 Å². The minimum absolute atomic E-state index is 0.0257. The van der Waals surface area contributed by atoms with E-state index in [-0.39, 0.29) is 40.7 Å². The first-order valence-electron chi connectivity index (χ1n) is 8.64. The maximum atomic E-state index is 12.8. The van der Waals surface area contributed by atoms with Gasteiger partial charge in [-0.2, -0.15) is 4.31 Å². The summed E-state index contributed by atoms with van der Waals surface area (Å²) in [5.74, 6) is -0.398. The van der Waals surface area contributed by atoms with Crippen molar-refractivity contribution in [3.63, 3.8) is 0 Å². The predicted molar refractivity (Wildman–Crippen MR) is 104 cm³/mol. The molecule has 0 saturated carbocycles. The number of ether oxygens (including phenoxy) is 2. The molecule has 2 aromatic carbocycles. The summed E-state index contributed by atoms with van der Waals surface area (Å²) in [5, 5.41) is 13.7. The molecule has 0 unspecified atom stereocenters. The second-order valence-electron chi connectivity index (χ2n) is 6.14. The second-order valence-corrected chi connectivity index (χ2v) is 8.08. The number of nitro benzene ring substituents is 1. The summed E-state index contributed by atoms with van der Waals surface area (Å²) in [6.45, 7) is 1.08. The third kappa shape index (κ3) is 4.53. The fourth-order valence-corrected chi connectivity index (χ4v) is 4.28. The first-order chi connectivity index (χ1) is 13.8. The molecule has 0 spiro atoms. The molecule has 1 heterocycles. The number of rotatable bonds is 6. The molecular formula is C18H19N3O7S. The Morgan fingerprint density at radius 3 is 2.59 bits per heavy atom. The van der Waals surface area contributed by atoms with Crippen LogP contribution in [0.4, 0.5) is 11.4 Å². The fourth-order valence-electron chi connectivity index (χ4n) is 2.82. The lowest BCUT2D eigenvalue weighted by atomic mass is 10.2. The number of morpholine rings is 1. The van der Waals surface area contributed by atoms with E-state index in [1.54, 1.807) is 0 Å². The third-order valence-corrected chi connectivity index (χ3v) is 6.25. The number of benzene rings is 2. The number of nitro groups is 1. The molecule has 11 heteroatoms. The van der Waals surface area contributed by atoms with Gasteiger partial charge in [0, 0.05) is 18.7 Å². The van der Waals surface area contributed by atoms with Crippen molar-refractivity contribution in [2.75, 3.05) is 38.7 Å². The van der Waals surface area contributed by atoms with Crippen LogP contribution in [0.2, 0.25) is 0 Å². The average Bonchev–Trinajstić information content (AvgIpc) is 2.74. The number of anilines is 1. The Labute approximate surface area is 167 Å². The fraction of sp³-hybridized carbons (Fsp3) is 0.278. The Kier molecular flexibility index (Phi) is 6.11. The zero-order chi connectivity index (χ0) is 21.0. The van der Waals surface area contributed by atoms with Crippen LogP contribution in [0.15, 0.2) is 47.4 Å². The predicted octanol–water partition coefficient (Wildman–Crippen LogP) is 1.88. The second kappa shape index (κ2) is 8.55. The lowest BCUT2D eigenvalue weighted by Crippen LogP contribution is -2.40. The monoisotopic (exact) mass is 421 g/mol. The van der Waals surface area contributed by atoms with E-state index in [4.69, 9.17) is 9.47 Å². The summed E-state index contributed by atoms with van der Waals surface area (Å²) in [7, 11) is -2.40. The van der Waals surface area contributed by atoms with Crippen molar-refractivity contribution >= 4 is 27.3 Å². The lowest BCUT2D eigenvalue weighted by Gasteiger charge is -2.26. The quantitative estimate of drug-likeness (QED) is 0.557. The summed E-state index contributed by atoms with van der Waals surface area (Å²) in [4.78, 5) is 23.2. The number of nitrogens with zero attached hydrogens (tertiary/aromatic N) is 2. The summed E-state index contributed by atoms with van der Waals surface area (Å²) in [6, 6.07) is 9.54. The first kappa shape index (κ1) is 20.7. The van der Waals surface area contributed by atoms with Crippen molar-refractivity contribution in [2.24, 2.45) is 0 Å². The van der Waals surface area contributed by atoms with Gasteiger partial charge in [-0.15, -0.1) is 0 Å². The Morgan fingerprint density at radius 1 is 1.21 bits per heavy atom. The van der Waals surface area contributed by atoms with Crippen molar-refractivity contribution in [3.8, 4) is 5.75 Å². The van der Waals surface area contributed by atoms with Crippen LogP contribution in [0.3, 0.4) is 0 Å². The number of nitrogens with one attached hydrogen (secondary N) is 1. The van der Waals surface area contributed by atoms with Gasteiger partial charge >= 0.3 is 0 Å². The molecule has 0 aromatic heterocycles. The molecule has 0 atom stereocenters. The standard InChI is InChI=1S/C18H19N3O7S/c1-27-14-5-6-16(17(12-14)21(23)24)19-18(22)13-3-2-4-15(11-13)29(25,26)20-7-9-28-10-8-20/h2-6,11-12H,7-10H2,1H3,(H,19,22). The van der Waals surface area contributed by atoms with Crippen LogP contribution in [0, 0.1) is 10.1 Å². The summed E-state index contributed by atoms with van der Waals surface area (Å²) >= 11 is 0. The van der Waals surface area contributed by atoms with Crippen LogP contribution in [0.25, 0.3) is 0 Å². The third-order valence-electron chi connectivity index (χ3n) is 4.35. The lowest BCUT2D eigenvalue weighted by molar-refractivity contribution is -0.384. The van der Waals surface area contributed by atoms with E-state index in [2.05, 4.69) is 5.32 Å². The number of hydrogen-bond acceptors (Lipinski definition) is 7. The van der Waals surface area contributed by atoms with Crippen LogP contribution >= 0.6 is 0 Å². The number of carbonyl (C=O) groups is 1. The van der Waals surface area contributed by atoms with Gasteiger partial charge in [0.2, 0.25) is 10.0 Å². The minimum atomic E-state index is -3.77. The van der Waals surface area contributed by atoms with Crippen molar-refractivity contribution in [1.29, 1.82) is 0 Å². The van der Waals surface area contributed by atoms with E-state index >= 15 is 0 Å². The Balaban J connectivity index is 1.86. The molecule has 154 valence electrons. The number of carbonyl (C=O) groups excluding carboxylic acids is 1. The highest BCUT2D eigenvalue weighted by molar-refractivity contribution is 7.89. The SMILES string of the molecule is COc1ccc(NC(=O)c2cccc(S(=O)(=O)N3CCOCC3)c2)c([N+](=O)[O-])c1. The number of methoxy groups -OCH3 is 1. The van der Waals surface area contributed by atoms with Crippen LogP contribution in [0.1, 0.15) is 10.4 Å². The Hall–Kier alpha value is -3.02. The normalized spacial score (nSPS) is 14.9. The van der Waals surface area contributed by atoms with Crippen LogP contribution < -0.4 is 10.1 Å². The first-order valence-corrected chi connectivity index (χ1v) is 10.1. The molecule has 0 bridgehead atoms. The van der Waals surface area contributed by atoms with E-state index in [0.29, 0.717) is 13.2 Å². The largest absolute Gasteiger partial charge is 0.496 e. The maximum Gasteiger partial charge on any atom is 0.296 e.